The predicted molar refractivity (Wildman–Crippen MR) is 78.5 cm³/mol. The van der Waals surface area contributed by atoms with E-state index >= 15 is 0 Å². The van der Waals surface area contributed by atoms with Gasteiger partial charge in [-0.15, -0.1) is 0 Å². The average molecular weight is 290 g/mol. The molecule has 3 N–H and O–H groups in total. The van der Waals surface area contributed by atoms with Gasteiger partial charge in [-0.3, -0.25) is 4.79 Å². The number of aromatic nitrogens is 1. The highest BCUT2D eigenvalue weighted by Gasteiger charge is 2.42. The Balaban J connectivity index is 1.73. The highest BCUT2D eigenvalue weighted by atomic mass is 19.1. The van der Waals surface area contributed by atoms with E-state index in [2.05, 4.69) is 10.3 Å². The molecule has 5 heteroatoms. The van der Waals surface area contributed by atoms with Crippen LogP contribution in [-0.4, -0.2) is 29.1 Å². The molecule has 1 aliphatic carbocycles. The van der Waals surface area contributed by atoms with Crippen LogP contribution >= 0.6 is 0 Å². The Morgan fingerprint density at radius 2 is 2.24 bits per heavy atom. The van der Waals surface area contributed by atoms with Gasteiger partial charge in [0.15, 0.2) is 0 Å². The van der Waals surface area contributed by atoms with Gasteiger partial charge in [0.1, 0.15) is 5.82 Å². The molecule has 1 amide bonds. The topological polar surface area (TPSA) is 65.1 Å². The highest BCUT2D eigenvalue weighted by molar-refractivity contribution is 5.90. The second kappa shape index (κ2) is 5.15. The molecular weight excluding hydrogens is 271 g/mol. The second-order valence-electron chi connectivity index (χ2n) is 6.03. The van der Waals surface area contributed by atoms with Crippen LogP contribution in [0.2, 0.25) is 0 Å². The maximum atomic E-state index is 13.4. The van der Waals surface area contributed by atoms with Crippen LogP contribution in [0.4, 0.5) is 4.39 Å². The van der Waals surface area contributed by atoms with E-state index in [0.717, 1.165) is 35.0 Å². The van der Waals surface area contributed by atoms with Gasteiger partial charge in [0.25, 0.3) is 0 Å². The minimum atomic E-state index is -0.305. The molecule has 1 heterocycles. The first-order valence-electron chi connectivity index (χ1n) is 7.17. The predicted octanol–water partition coefficient (Wildman–Crippen LogP) is 2.05. The number of halogens is 1. The van der Waals surface area contributed by atoms with Crippen molar-refractivity contribution in [3.05, 3.63) is 35.3 Å². The minimum absolute atomic E-state index is 0.0945. The van der Waals surface area contributed by atoms with Gasteiger partial charge in [0.05, 0.1) is 13.0 Å². The molecule has 0 aliphatic heterocycles. The molecule has 0 saturated heterocycles. The van der Waals surface area contributed by atoms with Crippen molar-refractivity contribution in [3.63, 3.8) is 0 Å². The van der Waals surface area contributed by atoms with Crippen LogP contribution in [-0.2, 0) is 11.2 Å². The zero-order chi connectivity index (χ0) is 15.0. The van der Waals surface area contributed by atoms with Gasteiger partial charge in [0, 0.05) is 28.6 Å². The standard InChI is InChI=1S/C16H19FN2O2/c1-10-12(13-6-11(17)2-3-14(13)19-10)7-15(21)18-8-16(9-20)4-5-16/h2-3,6,19-20H,4-5,7-9H2,1H3,(H,18,21). The van der Waals surface area contributed by atoms with Gasteiger partial charge in [-0.05, 0) is 43.5 Å². The number of H-pyrrole nitrogens is 1. The molecule has 0 bridgehead atoms. The molecule has 1 saturated carbocycles. The molecule has 0 unspecified atom stereocenters. The van der Waals surface area contributed by atoms with Gasteiger partial charge in [-0.25, -0.2) is 4.39 Å². The van der Waals surface area contributed by atoms with Crippen molar-refractivity contribution in [3.8, 4) is 0 Å². The molecule has 1 aliphatic rings. The number of aliphatic hydroxyl groups is 1. The van der Waals surface area contributed by atoms with Crippen LogP contribution < -0.4 is 5.32 Å². The van der Waals surface area contributed by atoms with Crippen molar-refractivity contribution in [2.75, 3.05) is 13.2 Å². The highest BCUT2D eigenvalue weighted by Crippen LogP contribution is 2.44. The molecule has 0 atom stereocenters. The van der Waals surface area contributed by atoms with Gasteiger partial charge < -0.3 is 15.4 Å². The lowest BCUT2D eigenvalue weighted by Crippen LogP contribution is -2.32. The molecule has 2 aromatic rings. The van der Waals surface area contributed by atoms with Crippen LogP contribution in [0.25, 0.3) is 10.9 Å². The van der Waals surface area contributed by atoms with E-state index in [9.17, 15) is 14.3 Å². The summed E-state index contributed by atoms with van der Waals surface area (Å²) >= 11 is 0. The number of nitrogens with one attached hydrogen (secondary N) is 2. The summed E-state index contributed by atoms with van der Waals surface area (Å²) in [7, 11) is 0. The number of amides is 1. The van der Waals surface area contributed by atoms with Crippen molar-refractivity contribution in [2.24, 2.45) is 5.41 Å². The van der Waals surface area contributed by atoms with Crippen LogP contribution in [0.5, 0.6) is 0 Å². The van der Waals surface area contributed by atoms with Gasteiger partial charge >= 0.3 is 0 Å². The fourth-order valence-electron chi connectivity index (χ4n) is 2.66. The summed E-state index contributed by atoms with van der Waals surface area (Å²) in [6, 6.07) is 4.54. The summed E-state index contributed by atoms with van der Waals surface area (Å²) < 4.78 is 13.4. The molecule has 1 aromatic heterocycles. The van der Waals surface area contributed by atoms with Gasteiger partial charge in [-0.1, -0.05) is 0 Å². The van der Waals surface area contributed by atoms with Crippen LogP contribution in [0.15, 0.2) is 18.2 Å². The van der Waals surface area contributed by atoms with E-state index < -0.39 is 0 Å². The maximum absolute atomic E-state index is 13.4. The van der Waals surface area contributed by atoms with Crippen molar-refractivity contribution >= 4 is 16.8 Å². The first-order valence-corrected chi connectivity index (χ1v) is 7.17. The summed E-state index contributed by atoms with van der Waals surface area (Å²) in [5.74, 6) is -0.400. The lowest BCUT2D eigenvalue weighted by molar-refractivity contribution is -0.120. The van der Waals surface area contributed by atoms with Crippen molar-refractivity contribution in [1.82, 2.24) is 10.3 Å². The molecular formula is C16H19FN2O2. The van der Waals surface area contributed by atoms with E-state index in [0.29, 0.717) is 6.54 Å². The van der Waals surface area contributed by atoms with Crippen molar-refractivity contribution < 1.29 is 14.3 Å². The number of aromatic amines is 1. The quantitative estimate of drug-likeness (QED) is 0.789. The molecule has 21 heavy (non-hydrogen) atoms. The SMILES string of the molecule is Cc1[nH]c2ccc(F)cc2c1CC(=O)NCC1(CO)CC1. The molecule has 4 nitrogen and oxygen atoms in total. The summed E-state index contributed by atoms with van der Waals surface area (Å²) in [6.07, 6.45) is 2.14. The normalized spacial score (nSPS) is 16.1. The molecule has 1 fully saturated rings. The van der Waals surface area contributed by atoms with Crippen molar-refractivity contribution in [2.45, 2.75) is 26.2 Å². The number of hydrogen-bond donors (Lipinski definition) is 3. The number of aryl methyl sites for hydroxylation is 1. The average Bonchev–Trinajstić information content (AvgIpc) is 3.19. The van der Waals surface area contributed by atoms with E-state index in [4.69, 9.17) is 0 Å². The fourth-order valence-corrected chi connectivity index (χ4v) is 2.66. The van der Waals surface area contributed by atoms with E-state index in [1.165, 1.54) is 12.1 Å². The number of aliphatic hydroxyl groups excluding tert-OH is 1. The lowest BCUT2D eigenvalue weighted by atomic mass is 10.1. The third kappa shape index (κ3) is 2.78. The summed E-state index contributed by atoms with van der Waals surface area (Å²) in [5.41, 5.74) is 2.45. The number of carbonyl (C=O) groups is 1. The smallest absolute Gasteiger partial charge is 0.224 e. The van der Waals surface area contributed by atoms with Crippen molar-refractivity contribution in [1.29, 1.82) is 0 Å². The third-order valence-electron chi connectivity index (χ3n) is 4.37. The van der Waals surface area contributed by atoms with Crippen LogP contribution in [0.1, 0.15) is 24.1 Å². The molecule has 112 valence electrons. The Bertz CT molecular complexity index is 689. The largest absolute Gasteiger partial charge is 0.396 e. The Morgan fingerprint density at radius 1 is 1.48 bits per heavy atom. The fraction of sp³-hybridized carbons (Fsp3) is 0.438. The maximum Gasteiger partial charge on any atom is 0.224 e. The molecule has 0 spiro atoms. The van der Waals surface area contributed by atoms with E-state index in [1.54, 1.807) is 6.07 Å². The van der Waals surface area contributed by atoms with Gasteiger partial charge in [-0.2, -0.15) is 0 Å². The van der Waals surface area contributed by atoms with Gasteiger partial charge in [0.2, 0.25) is 5.91 Å². The second-order valence-corrected chi connectivity index (χ2v) is 6.03. The Morgan fingerprint density at radius 3 is 2.90 bits per heavy atom. The first-order chi connectivity index (χ1) is 10.0. The van der Waals surface area contributed by atoms with Crippen LogP contribution in [0, 0.1) is 18.2 Å². The number of carbonyl (C=O) groups excluding carboxylic acids is 1. The minimum Gasteiger partial charge on any atom is -0.396 e. The number of rotatable bonds is 5. The number of fused-ring (bicyclic) bond motifs is 1. The lowest BCUT2D eigenvalue weighted by Gasteiger charge is -2.12. The van der Waals surface area contributed by atoms with E-state index in [-0.39, 0.29) is 30.2 Å². The molecule has 0 radical (unpaired) electrons. The summed E-state index contributed by atoms with van der Waals surface area (Å²) in [6.45, 7) is 2.51. The summed E-state index contributed by atoms with van der Waals surface area (Å²) in [5, 5.41) is 12.9. The first kappa shape index (κ1) is 14.1. The Kier molecular flexibility index (Phi) is 3.45. The monoisotopic (exact) mass is 290 g/mol. The Hall–Kier alpha value is -1.88. The Labute approximate surface area is 122 Å². The third-order valence-corrected chi connectivity index (χ3v) is 4.37. The zero-order valence-corrected chi connectivity index (χ0v) is 12.0. The summed E-state index contributed by atoms with van der Waals surface area (Å²) in [4.78, 5) is 15.3. The molecule has 1 aromatic carbocycles. The number of hydrogen-bond acceptors (Lipinski definition) is 2. The molecule has 3 rings (SSSR count). The number of benzene rings is 1. The zero-order valence-electron chi connectivity index (χ0n) is 12.0. The van der Waals surface area contributed by atoms with E-state index in [1.807, 2.05) is 6.92 Å². The van der Waals surface area contributed by atoms with Crippen LogP contribution in [0.3, 0.4) is 0 Å².